The van der Waals surface area contributed by atoms with Gasteiger partial charge in [-0.25, -0.2) is 0 Å². The maximum Gasteiger partial charge on any atom is 0.273 e. The van der Waals surface area contributed by atoms with Crippen molar-refractivity contribution in [3.63, 3.8) is 0 Å². The van der Waals surface area contributed by atoms with E-state index in [1.807, 2.05) is 0 Å². The molecule has 1 aromatic heterocycles. The van der Waals surface area contributed by atoms with Gasteiger partial charge in [0.2, 0.25) is 5.88 Å². The number of nitrogens with zero attached hydrogens (tertiary/aromatic N) is 1. The number of aromatic nitrogens is 1. The van der Waals surface area contributed by atoms with Crippen LogP contribution in [0, 0.1) is 0 Å². The Labute approximate surface area is 79.5 Å². The number of amides is 1. The van der Waals surface area contributed by atoms with Crippen LogP contribution in [-0.4, -0.2) is 17.6 Å². The Balaban J connectivity index is 2.54. The van der Waals surface area contributed by atoms with E-state index in [4.69, 9.17) is 17.3 Å². The number of nitrogens with two attached hydrogens (primary N) is 1. The van der Waals surface area contributed by atoms with Gasteiger partial charge in [-0.3, -0.25) is 4.79 Å². The third-order valence-corrected chi connectivity index (χ3v) is 1.34. The number of carbonyl (C=O) groups is 1. The third-order valence-electron chi connectivity index (χ3n) is 1.20. The Morgan fingerprint density at radius 3 is 3.00 bits per heavy atom. The molecule has 0 radical (unpaired) electrons. The van der Waals surface area contributed by atoms with Gasteiger partial charge in [-0.15, -0.1) is 0 Å². The summed E-state index contributed by atoms with van der Waals surface area (Å²) in [4.78, 5) is 11.2. The van der Waals surface area contributed by atoms with E-state index in [2.05, 4.69) is 21.6 Å². The van der Waals surface area contributed by atoms with Crippen LogP contribution in [0.1, 0.15) is 10.5 Å². The number of carbonyl (C=O) groups excluding carboxylic acids is 1. The van der Waals surface area contributed by atoms with Crippen LogP contribution in [-0.2, 0) is 0 Å². The monoisotopic (exact) mass is 201 g/mol. The zero-order valence-electron chi connectivity index (χ0n) is 6.71. The van der Waals surface area contributed by atoms with Crippen molar-refractivity contribution in [1.29, 1.82) is 0 Å². The highest BCUT2D eigenvalue weighted by molar-refractivity contribution is 6.29. The highest BCUT2D eigenvalue weighted by atomic mass is 35.5. The lowest BCUT2D eigenvalue weighted by molar-refractivity contribution is 0.0949. The Morgan fingerprint density at radius 2 is 2.54 bits per heavy atom. The number of nitrogen functional groups attached to an aromatic ring is 1. The summed E-state index contributed by atoms with van der Waals surface area (Å²) in [6, 6.07) is 1.33. The lowest BCUT2D eigenvalue weighted by atomic mass is 10.4. The molecule has 0 saturated heterocycles. The predicted molar refractivity (Wildman–Crippen MR) is 48.2 cm³/mol. The minimum atomic E-state index is -0.401. The normalized spacial score (nSPS) is 9.62. The summed E-state index contributed by atoms with van der Waals surface area (Å²) >= 11 is 5.44. The Morgan fingerprint density at radius 1 is 1.85 bits per heavy atom. The average Bonchev–Trinajstić information content (AvgIpc) is 2.47. The fourth-order valence-corrected chi connectivity index (χ4v) is 0.730. The predicted octanol–water partition coefficient (Wildman–Crippen LogP) is 0.739. The molecule has 13 heavy (non-hydrogen) atoms. The fourth-order valence-electron chi connectivity index (χ4n) is 0.663. The molecule has 1 rings (SSSR count). The largest absolute Gasteiger partial charge is 0.368 e. The van der Waals surface area contributed by atoms with Gasteiger partial charge in [0.1, 0.15) is 0 Å². The van der Waals surface area contributed by atoms with Crippen molar-refractivity contribution in [3.05, 3.63) is 23.4 Å². The van der Waals surface area contributed by atoms with Crippen LogP contribution < -0.4 is 11.1 Å². The maximum absolute atomic E-state index is 11.2. The molecule has 3 N–H and O–H groups in total. The van der Waals surface area contributed by atoms with Crippen LogP contribution in [0.25, 0.3) is 0 Å². The molecule has 6 heteroatoms. The van der Waals surface area contributed by atoms with Crippen LogP contribution >= 0.6 is 11.6 Å². The zero-order valence-corrected chi connectivity index (χ0v) is 7.47. The first-order chi connectivity index (χ1) is 6.09. The van der Waals surface area contributed by atoms with Crippen LogP contribution in [0.5, 0.6) is 0 Å². The highest BCUT2D eigenvalue weighted by Crippen LogP contribution is 2.04. The van der Waals surface area contributed by atoms with Crippen molar-refractivity contribution in [2.45, 2.75) is 0 Å². The van der Waals surface area contributed by atoms with Gasteiger partial charge in [0.05, 0.1) is 6.54 Å². The molecule has 70 valence electrons. The van der Waals surface area contributed by atoms with E-state index in [1.54, 1.807) is 0 Å². The molecule has 0 aliphatic carbocycles. The Kier molecular flexibility index (Phi) is 2.92. The van der Waals surface area contributed by atoms with Crippen molar-refractivity contribution in [2.24, 2.45) is 0 Å². The van der Waals surface area contributed by atoms with Gasteiger partial charge in [-0.2, -0.15) is 0 Å². The summed E-state index contributed by atoms with van der Waals surface area (Å²) < 4.78 is 4.50. The first-order valence-electron chi connectivity index (χ1n) is 3.43. The number of halogens is 1. The van der Waals surface area contributed by atoms with Gasteiger partial charge >= 0.3 is 0 Å². The topological polar surface area (TPSA) is 81.2 Å². The Hall–Kier alpha value is -1.49. The van der Waals surface area contributed by atoms with E-state index in [1.165, 1.54) is 6.07 Å². The molecule has 0 fully saturated rings. The fraction of sp³-hybridized carbons (Fsp3) is 0.143. The second-order valence-corrected chi connectivity index (χ2v) is 2.85. The molecule has 0 spiro atoms. The molecule has 1 amide bonds. The van der Waals surface area contributed by atoms with E-state index >= 15 is 0 Å². The summed E-state index contributed by atoms with van der Waals surface area (Å²) in [5, 5.41) is 6.21. The first kappa shape index (κ1) is 9.60. The molecule has 5 nitrogen and oxygen atoms in total. The minimum Gasteiger partial charge on any atom is -0.368 e. The van der Waals surface area contributed by atoms with Crippen LogP contribution in [0.2, 0.25) is 0 Å². The number of hydrogen-bond acceptors (Lipinski definition) is 4. The van der Waals surface area contributed by atoms with Gasteiger partial charge in [0.25, 0.3) is 5.91 Å². The first-order valence-corrected chi connectivity index (χ1v) is 3.81. The number of hydrogen-bond donors (Lipinski definition) is 2. The molecule has 0 aliphatic heterocycles. The second-order valence-electron chi connectivity index (χ2n) is 2.31. The molecule has 0 unspecified atom stereocenters. The van der Waals surface area contributed by atoms with Crippen molar-refractivity contribution in [1.82, 2.24) is 10.5 Å². The highest BCUT2D eigenvalue weighted by Gasteiger charge is 2.10. The molecule has 1 aromatic rings. The van der Waals surface area contributed by atoms with Crippen molar-refractivity contribution in [2.75, 3.05) is 12.3 Å². The van der Waals surface area contributed by atoms with E-state index < -0.39 is 5.91 Å². The molecule has 0 atom stereocenters. The zero-order chi connectivity index (χ0) is 9.84. The summed E-state index contributed by atoms with van der Waals surface area (Å²) in [5.74, 6) is -0.308. The van der Waals surface area contributed by atoms with E-state index in [-0.39, 0.29) is 18.1 Å². The molecule has 0 saturated carbocycles. The summed E-state index contributed by atoms with van der Waals surface area (Å²) in [7, 11) is 0. The molecule has 0 aliphatic rings. The number of nitrogens with one attached hydrogen (secondary N) is 1. The van der Waals surface area contributed by atoms with Crippen molar-refractivity contribution >= 4 is 23.4 Å². The number of anilines is 1. The molecular weight excluding hydrogens is 194 g/mol. The number of rotatable bonds is 3. The van der Waals surface area contributed by atoms with Crippen LogP contribution in [0.3, 0.4) is 0 Å². The van der Waals surface area contributed by atoms with Crippen molar-refractivity contribution < 1.29 is 9.32 Å². The lowest BCUT2D eigenvalue weighted by Crippen LogP contribution is -2.24. The smallest absolute Gasteiger partial charge is 0.273 e. The Bertz CT molecular complexity index is 334. The van der Waals surface area contributed by atoms with Gasteiger partial charge in [-0.1, -0.05) is 23.3 Å². The lowest BCUT2D eigenvalue weighted by Gasteiger charge is -1.98. The van der Waals surface area contributed by atoms with Crippen LogP contribution in [0.15, 0.2) is 22.2 Å². The molecule has 0 aromatic carbocycles. The molecule has 0 bridgehead atoms. The van der Waals surface area contributed by atoms with Crippen LogP contribution in [0.4, 0.5) is 5.88 Å². The summed E-state index contributed by atoms with van der Waals surface area (Å²) in [5.41, 5.74) is 5.34. The van der Waals surface area contributed by atoms with E-state index in [0.29, 0.717) is 5.03 Å². The minimum absolute atomic E-state index is 0.0925. The summed E-state index contributed by atoms with van der Waals surface area (Å²) in [6.07, 6.45) is 0. The molecule has 1 heterocycles. The van der Waals surface area contributed by atoms with Gasteiger partial charge in [-0.05, 0) is 0 Å². The molecular formula is C7H8ClN3O2. The average molecular weight is 202 g/mol. The van der Waals surface area contributed by atoms with Gasteiger partial charge in [0, 0.05) is 11.1 Å². The summed E-state index contributed by atoms with van der Waals surface area (Å²) in [6.45, 7) is 3.60. The van der Waals surface area contributed by atoms with E-state index in [9.17, 15) is 4.79 Å². The third kappa shape index (κ3) is 2.79. The van der Waals surface area contributed by atoms with E-state index in [0.717, 1.165) is 0 Å². The van der Waals surface area contributed by atoms with Crippen molar-refractivity contribution in [3.8, 4) is 0 Å². The second kappa shape index (κ2) is 3.95. The van der Waals surface area contributed by atoms with Gasteiger partial charge in [0.15, 0.2) is 5.69 Å². The quantitative estimate of drug-likeness (QED) is 0.756. The SMILES string of the molecule is C=C(Cl)CNC(=O)c1cc(N)on1. The standard InChI is InChI=1S/C7H8ClN3O2/c1-4(8)3-10-7(12)5-2-6(9)13-11-5/h2H,1,3,9H2,(H,10,12). The maximum atomic E-state index is 11.2. The van der Waals surface area contributed by atoms with Gasteiger partial charge < -0.3 is 15.6 Å².